The van der Waals surface area contributed by atoms with Crippen LogP contribution in [0.3, 0.4) is 0 Å². The molecule has 14 heavy (non-hydrogen) atoms. The summed E-state index contributed by atoms with van der Waals surface area (Å²) in [6.07, 6.45) is 0. The van der Waals surface area contributed by atoms with Crippen molar-refractivity contribution in [3.8, 4) is 0 Å². The lowest BCUT2D eigenvalue weighted by Crippen LogP contribution is -2.02. The number of hydrogen-bond donors (Lipinski definition) is 0. The van der Waals surface area contributed by atoms with E-state index in [9.17, 15) is 9.59 Å². The van der Waals surface area contributed by atoms with E-state index in [1.807, 2.05) is 0 Å². The maximum Gasteiger partial charge on any atom is 0.252 e. The molecule has 0 radical (unpaired) electrons. The van der Waals surface area contributed by atoms with Gasteiger partial charge >= 0.3 is 0 Å². The molecular formula is C10H8Cl2O2. The number of hydrogen-bond acceptors (Lipinski definition) is 2. The van der Waals surface area contributed by atoms with Crippen molar-refractivity contribution in [3.63, 3.8) is 0 Å². The van der Waals surface area contributed by atoms with Crippen LogP contribution < -0.4 is 0 Å². The molecule has 0 saturated carbocycles. The van der Waals surface area contributed by atoms with E-state index in [1.165, 1.54) is 0 Å². The molecule has 2 nitrogen and oxygen atoms in total. The fourth-order valence-corrected chi connectivity index (χ4v) is 1.66. The molecule has 0 bridgehead atoms. The highest BCUT2D eigenvalue weighted by molar-refractivity contribution is 6.69. The summed E-state index contributed by atoms with van der Waals surface area (Å²) < 4.78 is 0. The standard InChI is InChI=1S/C10H8Cl2O2/c1-5-3-7(9(11)13)6(2)8(4-5)10(12)14/h3-4H,1-2H3. The maximum absolute atomic E-state index is 11.0. The lowest BCUT2D eigenvalue weighted by molar-refractivity contribution is 0.108. The van der Waals surface area contributed by atoms with Crippen LogP contribution >= 0.6 is 23.2 Å². The molecule has 0 aliphatic carbocycles. The van der Waals surface area contributed by atoms with Crippen LogP contribution in [0.4, 0.5) is 0 Å². The zero-order valence-electron chi connectivity index (χ0n) is 7.73. The summed E-state index contributed by atoms with van der Waals surface area (Å²) in [5.74, 6) is 0. The number of benzene rings is 1. The third-order valence-corrected chi connectivity index (χ3v) is 2.38. The minimum Gasteiger partial charge on any atom is -0.276 e. The maximum atomic E-state index is 11.0. The quantitative estimate of drug-likeness (QED) is 0.733. The van der Waals surface area contributed by atoms with E-state index in [4.69, 9.17) is 23.2 Å². The summed E-state index contributed by atoms with van der Waals surface area (Å²) in [5, 5.41) is -1.16. The van der Waals surface area contributed by atoms with Crippen LogP contribution in [0.5, 0.6) is 0 Å². The Morgan fingerprint density at radius 2 is 1.36 bits per heavy atom. The first-order chi connectivity index (χ1) is 6.43. The Kier molecular flexibility index (Phi) is 3.29. The fourth-order valence-electron chi connectivity index (χ4n) is 1.27. The molecule has 1 aromatic carbocycles. The molecule has 1 rings (SSSR count). The summed E-state index contributed by atoms with van der Waals surface area (Å²) in [6.45, 7) is 3.41. The molecule has 0 spiro atoms. The fraction of sp³-hybridized carbons (Fsp3) is 0.200. The van der Waals surface area contributed by atoms with Gasteiger partial charge in [0.15, 0.2) is 0 Å². The molecule has 0 saturated heterocycles. The molecule has 0 aliphatic rings. The van der Waals surface area contributed by atoms with Crippen molar-refractivity contribution in [2.24, 2.45) is 0 Å². The summed E-state index contributed by atoms with van der Waals surface area (Å²) in [7, 11) is 0. The summed E-state index contributed by atoms with van der Waals surface area (Å²) in [6, 6.07) is 3.27. The average molecular weight is 231 g/mol. The van der Waals surface area contributed by atoms with Gasteiger partial charge in [-0.2, -0.15) is 0 Å². The molecule has 1 aromatic rings. The first-order valence-electron chi connectivity index (χ1n) is 3.94. The minimum atomic E-state index is -0.578. The van der Waals surface area contributed by atoms with E-state index < -0.39 is 10.5 Å². The van der Waals surface area contributed by atoms with Gasteiger partial charge in [0.2, 0.25) is 0 Å². The van der Waals surface area contributed by atoms with Crippen LogP contribution in [0.2, 0.25) is 0 Å². The van der Waals surface area contributed by atoms with Gasteiger partial charge in [-0.3, -0.25) is 9.59 Å². The SMILES string of the molecule is Cc1cc(C(=O)Cl)c(C)c(C(=O)Cl)c1. The van der Waals surface area contributed by atoms with Gasteiger partial charge < -0.3 is 0 Å². The molecule has 4 heteroatoms. The van der Waals surface area contributed by atoms with Crippen LogP contribution in [-0.4, -0.2) is 10.5 Å². The second-order valence-corrected chi connectivity index (χ2v) is 3.72. The number of rotatable bonds is 2. The smallest absolute Gasteiger partial charge is 0.252 e. The Morgan fingerprint density at radius 1 is 1.00 bits per heavy atom. The third-order valence-electron chi connectivity index (χ3n) is 1.98. The first-order valence-corrected chi connectivity index (χ1v) is 4.70. The van der Waals surface area contributed by atoms with Crippen molar-refractivity contribution in [1.29, 1.82) is 0 Å². The predicted octanol–water partition coefficient (Wildman–Crippen LogP) is 3.06. The molecule has 0 aromatic heterocycles. The van der Waals surface area contributed by atoms with E-state index >= 15 is 0 Å². The van der Waals surface area contributed by atoms with Gasteiger partial charge in [-0.05, 0) is 60.3 Å². The van der Waals surface area contributed by atoms with Crippen LogP contribution in [0, 0.1) is 13.8 Å². The van der Waals surface area contributed by atoms with Crippen molar-refractivity contribution in [1.82, 2.24) is 0 Å². The lowest BCUT2D eigenvalue weighted by Gasteiger charge is -2.06. The molecule has 0 heterocycles. The number of halogens is 2. The molecule has 0 amide bonds. The van der Waals surface area contributed by atoms with Gasteiger partial charge in [0.1, 0.15) is 0 Å². The Balaban J connectivity index is 3.47. The predicted molar refractivity (Wildman–Crippen MR) is 56.3 cm³/mol. The molecule has 74 valence electrons. The number of aryl methyl sites for hydroxylation is 1. The Labute approximate surface area is 91.8 Å². The Morgan fingerprint density at radius 3 is 1.64 bits per heavy atom. The zero-order valence-corrected chi connectivity index (χ0v) is 9.24. The highest BCUT2D eigenvalue weighted by Crippen LogP contribution is 2.20. The van der Waals surface area contributed by atoms with Crippen LogP contribution in [0.25, 0.3) is 0 Å². The monoisotopic (exact) mass is 230 g/mol. The van der Waals surface area contributed by atoms with Crippen LogP contribution in [0.15, 0.2) is 12.1 Å². The van der Waals surface area contributed by atoms with E-state index in [0.717, 1.165) is 5.56 Å². The van der Waals surface area contributed by atoms with Crippen molar-refractivity contribution < 1.29 is 9.59 Å². The van der Waals surface area contributed by atoms with Crippen molar-refractivity contribution in [3.05, 3.63) is 34.4 Å². The van der Waals surface area contributed by atoms with Gasteiger partial charge in [0.25, 0.3) is 10.5 Å². The summed E-state index contributed by atoms with van der Waals surface area (Å²) in [4.78, 5) is 22.0. The largest absolute Gasteiger partial charge is 0.276 e. The molecule has 0 N–H and O–H groups in total. The highest BCUT2D eigenvalue weighted by Gasteiger charge is 2.14. The minimum absolute atomic E-state index is 0.329. The number of carbonyl (C=O) groups is 2. The zero-order chi connectivity index (χ0) is 10.9. The van der Waals surface area contributed by atoms with E-state index in [2.05, 4.69) is 0 Å². The van der Waals surface area contributed by atoms with Crippen molar-refractivity contribution in [2.75, 3.05) is 0 Å². The van der Waals surface area contributed by atoms with E-state index in [0.29, 0.717) is 16.7 Å². The lowest BCUT2D eigenvalue weighted by atomic mass is 10.0. The second kappa shape index (κ2) is 4.11. The molecule has 0 aliphatic heterocycles. The Hall–Kier alpha value is -0.860. The highest BCUT2D eigenvalue weighted by atomic mass is 35.5. The van der Waals surface area contributed by atoms with Gasteiger partial charge in [-0.1, -0.05) is 0 Å². The first kappa shape index (κ1) is 11.2. The summed E-state index contributed by atoms with van der Waals surface area (Å²) >= 11 is 10.7. The Bertz CT molecular complexity index is 376. The second-order valence-electron chi connectivity index (χ2n) is 3.03. The van der Waals surface area contributed by atoms with Crippen molar-refractivity contribution >= 4 is 33.7 Å². The van der Waals surface area contributed by atoms with Gasteiger partial charge in [0.05, 0.1) is 0 Å². The molecule has 0 unspecified atom stereocenters. The van der Waals surface area contributed by atoms with Gasteiger partial charge in [0, 0.05) is 11.1 Å². The summed E-state index contributed by atoms with van der Waals surface area (Å²) in [5.41, 5.74) is 1.96. The molecular weight excluding hydrogens is 223 g/mol. The van der Waals surface area contributed by atoms with Crippen LogP contribution in [-0.2, 0) is 0 Å². The van der Waals surface area contributed by atoms with Crippen molar-refractivity contribution in [2.45, 2.75) is 13.8 Å². The normalized spacial score (nSPS) is 10.0. The van der Waals surface area contributed by atoms with E-state index in [1.54, 1.807) is 26.0 Å². The van der Waals surface area contributed by atoms with Gasteiger partial charge in [-0.15, -0.1) is 0 Å². The molecule has 0 atom stereocenters. The third kappa shape index (κ3) is 2.14. The van der Waals surface area contributed by atoms with Crippen LogP contribution in [0.1, 0.15) is 31.8 Å². The van der Waals surface area contributed by atoms with E-state index in [-0.39, 0.29) is 0 Å². The molecule has 0 fully saturated rings. The van der Waals surface area contributed by atoms with Gasteiger partial charge in [-0.25, -0.2) is 0 Å². The number of carbonyl (C=O) groups excluding carboxylic acids is 2. The average Bonchev–Trinajstić information content (AvgIpc) is 2.07. The topological polar surface area (TPSA) is 34.1 Å².